The zero-order valence-electron chi connectivity index (χ0n) is 12.1. The van der Waals surface area contributed by atoms with Crippen LogP contribution in [0.1, 0.15) is 25.8 Å². The van der Waals surface area contributed by atoms with E-state index in [9.17, 15) is 9.59 Å². The molecular formula is C15H22N2O3. The molecule has 0 aliphatic rings. The molecule has 1 N–H and O–H groups in total. The molecule has 5 nitrogen and oxygen atoms in total. The van der Waals surface area contributed by atoms with Gasteiger partial charge in [0.1, 0.15) is 6.54 Å². The fourth-order valence-corrected chi connectivity index (χ4v) is 1.99. The van der Waals surface area contributed by atoms with Crippen LogP contribution in [0.3, 0.4) is 0 Å². The molecule has 0 aliphatic carbocycles. The maximum Gasteiger partial charge on any atom is 0.323 e. The van der Waals surface area contributed by atoms with Gasteiger partial charge in [-0.3, -0.25) is 4.79 Å². The fraction of sp³-hybridized carbons (Fsp3) is 0.467. The number of carbonyl (C=O) groups is 2. The van der Waals surface area contributed by atoms with Crippen LogP contribution in [0.15, 0.2) is 30.3 Å². The quantitative estimate of drug-likeness (QED) is 0.833. The van der Waals surface area contributed by atoms with Gasteiger partial charge >= 0.3 is 12.0 Å². The zero-order valence-corrected chi connectivity index (χ0v) is 12.1. The number of nitrogens with zero attached hydrogens (tertiary/aromatic N) is 2. The van der Waals surface area contributed by atoms with Gasteiger partial charge in [-0.2, -0.15) is 0 Å². The molecule has 110 valence electrons. The first-order valence-electron chi connectivity index (χ1n) is 6.88. The van der Waals surface area contributed by atoms with E-state index in [-0.39, 0.29) is 12.6 Å². The third kappa shape index (κ3) is 4.91. The Kier molecular flexibility index (Phi) is 6.56. The minimum absolute atomic E-state index is 0.222. The lowest BCUT2D eigenvalue weighted by Gasteiger charge is -2.29. The summed E-state index contributed by atoms with van der Waals surface area (Å²) in [5.41, 5.74) is 1.04. The summed E-state index contributed by atoms with van der Waals surface area (Å²) >= 11 is 0. The van der Waals surface area contributed by atoms with Crippen LogP contribution in [-0.2, 0) is 11.3 Å². The Hall–Kier alpha value is -2.04. The highest BCUT2D eigenvalue weighted by Crippen LogP contribution is 2.08. The molecule has 0 aliphatic heterocycles. The zero-order chi connectivity index (χ0) is 15.0. The Morgan fingerprint density at radius 3 is 2.25 bits per heavy atom. The normalized spacial score (nSPS) is 10.1. The van der Waals surface area contributed by atoms with Crippen LogP contribution in [0.4, 0.5) is 4.79 Å². The third-order valence-corrected chi connectivity index (χ3v) is 2.96. The molecule has 0 radical (unpaired) electrons. The Labute approximate surface area is 119 Å². The monoisotopic (exact) mass is 278 g/mol. The van der Waals surface area contributed by atoms with Crippen LogP contribution in [-0.4, -0.2) is 46.5 Å². The molecule has 0 spiro atoms. The molecule has 0 atom stereocenters. The Morgan fingerprint density at radius 2 is 1.75 bits per heavy atom. The summed E-state index contributed by atoms with van der Waals surface area (Å²) in [6.07, 6.45) is 0.738. The molecule has 1 aromatic carbocycles. The van der Waals surface area contributed by atoms with E-state index < -0.39 is 5.97 Å². The number of urea groups is 1. The molecule has 1 aromatic rings. The Morgan fingerprint density at radius 1 is 1.10 bits per heavy atom. The third-order valence-electron chi connectivity index (χ3n) is 2.96. The van der Waals surface area contributed by atoms with Crippen LogP contribution < -0.4 is 0 Å². The number of benzene rings is 1. The van der Waals surface area contributed by atoms with Gasteiger partial charge < -0.3 is 14.9 Å². The lowest BCUT2D eigenvalue weighted by atomic mass is 10.2. The predicted molar refractivity (Wildman–Crippen MR) is 77.4 cm³/mol. The number of carboxylic acids is 1. The van der Waals surface area contributed by atoms with Crippen molar-refractivity contribution in [3.05, 3.63) is 35.9 Å². The van der Waals surface area contributed by atoms with Gasteiger partial charge in [0.25, 0.3) is 0 Å². The molecule has 0 heterocycles. The molecule has 0 fully saturated rings. The molecule has 5 heteroatoms. The number of rotatable bonds is 7. The van der Waals surface area contributed by atoms with Crippen LogP contribution >= 0.6 is 0 Å². The number of amides is 2. The van der Waals surface area contributed by atoms with Gasteiger partial charge in [-0.25, -0.2) is 4.79 Å². The van der Waals surface area contributed by atoms with Crippen LogP contribution in [0, 0.1) is 0 Å². The van der Waals surface area contributed by atoms with Crippen molar-refractivity contribution in [2.45, 2.75) is 26.8 Å². The van der Waals surface area contributed by atoms with E-state index in [1.54, 1.807) is 4.90 Å². The lowest BCUT2D eigenvalue weighted by Crippen LogP contribution is -2.45. The molecule has 0 unspecified atom stereocenters. The van der Waals surface area contributed by atoms with Gasteiger partial charge in [0.2, 0.25) is 0 Å². The average molecular weight is 278 g/mol. The van der Waals surface area contributed by atoms with Gasteiger partial charge in [-0.15, -0.1) is 0 Å². The van der Waals surface area contributed by atoms with Gasteiger partial charge in [0.05, 0.1) is 0 Å². The fourth-order valence-electron chi connectivity index (χ4n) is 1.99. The molecule has 0 saturated heterocycles. The van der Waals surface area contributed by atoms with Crippen molar-refractivity contribution in [3.63, 3.8) is 0 Å². The summed E-state index contributed by atoms with van der Waals surface area (Å²) in [6, 6.07) is 9.47. The highest BCUT2D eigenvalue weighted by atomic mass is 16.4. The van der Waals surface area contributed by atoms with E-state index in [0.29, 0.717) is 19.6 Å². The minimum Gasteiger partial charge on any atom is -0.480 e. The second-order valence-corrected chi connectivity index (χ2v) is 4.60. The highest BCUT2D eigenvalue weighted by molar-refractivity contribution is 5.80. The van der Waals surface area contributed by atoms with Crippen molar-refractivity contribution in [1.29, 1.82) is 0 Å². The molecule has 0 bridgehead atoms. The first-order chi connectivity index (χ1) is 9.58. The van der Waals surface area contributed by atoms with E-state index in [1.807, 2.05) is 44.2 Å². The highest BCUT2D eigenvalue weighted by Gasteiger charge is 2.21. The molecule has 2 amide bonds. The summed E-state index contributed by atoms with van der Waals surface area (Å²) in [6.45, 7) is 5.07. The molecular weight excluding hydrogens is 256 g/mol. The van der Waals surface area contributed by atoms with Crippen molar-refractivity contribution in [2.75, 3.05) is 19.6 Å². The Bertz CT molecular complexity index is 434. The van der Waals surface area contributed by atoms with Gasteiger partial charge in [-0.05, 0) is 18.9 Å². The smallest absolute Gasteiger partial charge is 0.323 e. The second kappa shape index (κ2) is 8.19. The lowest BCUT2D eigenvalue weighted by molar-refractivity contribution is -0.137. The van der Waals surface area contributed by atoms with E-state index in [2.05, 4.69) is 0 Å². The van der Waals surface area contributed by atoms with Crippen LogP contribution in [0.5, 0.6) is 0 Å². The SMILES string of the molecule is CCCN(CC(=O)O)C(=O)N(CC)Cc1ccccc1. The number of carbonyl (C=O) groups excluding carboxylic acids is 1. The molecule has 1 rings (SSSR count). The Balaban J connectivity index is 2.75. The standard InChI is InChI=1S/C15H22N2O3/c1-3-10-17(12-14(18)19)15(20)16(4-2)11-13-8-6-5-7-9-13/h5-9H,3-4,10-12H2,1-2H3,(H,18,19). The van der Waals surface area contributed by atoms with Crippen LogP contribution in [0.2, 0.25) is 0 Å². The molecule has 0 saturated carbocycles. The van der Waals surface area contributed by atoms with E-state index >= 15 is 0 Å². The molecule has 20 heavy (non-hydrogen) atoms. The van der Waals surface area contributed by atoms with Gasteiger partial charge in [-0.1, -0.05) is 37.3 Å². The van der Waals surface area contributed by atoms with Gasteiger partial charge in [0.15, 0.2) is 0 Å². The number of hydrogen-bond acceptors (Lipinski definition) is 2. The first kappa shape index (κ1) is 16.0. The number of hydrogen-bond donors (Lipinski definition) is 1. The van der Waals surface area contributed by atoms with Crippen LogP contribution in [0.25, 0.3) is 0 Å². The van der Waals surface area contributed by atoms with Crippen molar-refractivity contribution >= 4 is 12.0 Å². The summed E-state index contributed by atoms with van der Waals surface area (Å²) in [4.78, 5) is 26.3. The maximum absolute atomic E-state index is 12.4. The first-order valence-corrected chi connectivity index (χ1v) is 6.88. The second-order valence-electron chi connectivity index (χ2n) is 4.60. The minimum atomic E-state index is -0.984. The summed E-state index contributed by atoms with van der Waals surface area (Å²) < 4.78 is 0. The molecule has 0 aromatic heterocycles. The number of carboxylic acid groups (broad SMARTS) is 1. The van der Waals surface area contributed by atoms with Crippen molar-refractivity contribution in [2.24, 2.45) is 0 Å². The average Bonchev–Trinajstić information content (AvgIpc) is 2.44. The van der Waals surface area contributed by atoms with Crippen molar-refractivity contribution in [3.8, 4) is 0 Å². The van der Waals surface area contributed by atoms with E-state index in [0.717, 1.165) is 12.0 Å². The topological polar surface area (TPSA) is 60.9 Å². The summed E-state index contributed by atoms with van der Waals surface area (Å²) in [5.74, 6) is -0.984. The largest absolute Gasteiger partial charge is 0.480 e. The number of aliphatic carboxylic acids is 1. The van der Waals surface area contributed by atoms with E-state index in [1.165, 1.54) is 4.90 Å². The van der Waals surface area contributed by atoms with Crippen molar-refractivity contribution in [1.82, 2.24) is 9.80 Å². The summed E-state index contributed by atoms with van der Waals surface area (Å²) in [7, 11) is 0. The van der Waals surface area contributed by atoms with Crippen molar-refractivity contribution < 1.29 is 14.7 Å². The predicted octanol–water partition coefficient (Wildman–Crippen LogP) is 2.43. The van der Waals surface area contributed by atoms with Gasteiger partial charge in [0, 0.05) is 19.6 Å². The van der Waals surface area contributed by atoms with E-state index in [4.69, 9.17) is 5.11 Å². The summed E-state index contributed by atoms with van der Waals surface area (Å²) in [5, 5.41) is 8.89. The maximum atomic E-state index is 12.4.